The Labute approximate surface area is 352 Å². The molecule has 0 aromatic heterocycles. The van der Waals surface area contributed by atoms with Crippen LogP contribution in [0.1, 0.15) is 180 Å². The van der Waals surface area contributed by atoms with Crippen molar-refractivity contribution in [3.8, 4) is 0 Å². The normalized spacial score (nSPS) is 22.5. The lowest BCUT2D eigenvalue weighted by atomic mass is 9.85. The molecule has 8 atom stereocenters. The van der Waals surface area contributed by atoms with Gasteiger partial charge >= 0.3 is 27.6 Å². The molecule has 0 radical (unpaired) electrons. The highest BCUT2D eigenvalue weighted by molar-refractivity contribution is 7.47. The van der Waals surface area contributed by atoms with Crippen molar-refractivity contribution in [1.82, 2.24) is 0 Å². The van der Waals surface area contributed by atoms with Crippen molar-refractivity contribution in [2.45, 2.75) is 223 Å². The predicted octanol–water partition coefficient (Wildman–Crippen LogP) is 6.39. The van der Waals surface area contributed by atoms with Gasteiger partial charge in [0.2, 0.25) is 0 Å². The molecular weight excluding hydrogens is 812 g/mol. The third-order valence-corrected chi connectivity index (χ3v) is 12.0. The van der Waals surface area contributed by atoms with Crippen LogP contribution < -0.4 is 5.73 Å². The molecule has 0 aromatic rings. The van der Waals surface area contributed by atoms with Gasteiger partial charge in [0.15, 0.2) is 6.10 Å². The fourth-order valence-electron chi connectivity index (χ4n) is 7.04. The standard InChI is InChI=1S/C40H79NO16P2/c1-2-3-4-5-6-7-8-9-13-16-19-22-25-28-34(43)55-32(30-53-33(42)27-24-21-18-15-12-10-11-14-17-20-23-26-29-41)31-54-59(51,52)57-40-37(46)35(44)39(36(45)38(40)47)56-58(48,49)50/h32,35-40,44-47H,2-31,41H2,1H3,(H,51,52)(H2,48,49,50)/t32-,35-,36+,37?,38-,39?,40?/m1/s1. The number of phosphoric ester groups is 2. The Morgan fingerprint density at radius 3 is 1.27 bits per heavy atom. The first-order valence-corrected chi connectivity index (χ1v) is 25.3. The van der Waals surface area contributed by atoms with Gasteiger partial charge in [0.25, 0.3) is 0 Å². The summed E-state index contributed by atoms with van der Waals surface area (Å²) in [6.07, 6.45) is 13.1. The van der Waals surface area contributed by atoms with E-state index in [1.807, 2.05) is 0 Å². The molecule has 19 heteroatoms. The third kappa shape index (κ3) is 28.3. The van der Waals surface area contributed by atoms with E-state index < -0.39 is 83.5 Å². The number of carbonyl (C=O) groups excluding carboxylic acids is 2. The molecule has 9 N–H and O–H groups in total. The lowest BCUT2D eigenvalue weighted by Crippen LogP contribution is -2.64. The molecule has 1 saturated carbocycles. The summed E-state index contributed by atoms with van der Waals surface area (Å²) in [6, 6.07) is 0. The number of rotatable bonds is 38. The average molecular weight is 892 g/mol. The second kappa shape index (κ2) is 33.5. The monoisotopic (exact) mass is 891 g/mol. The summed E-state index contributed by atoms with van der Waals surface area (Å²) < 4.78 is 49.0. The van der Waals surface area contributed by atoms with Crippen molar-refractivity contribution < 1.29 is 76.9 Å². The minimum Gasteiger partial charge on any atom is -0.462 e. The lowest BCUT2D eigenvalue weighted by Gasteiger charge is -2.43. The van der Waals surface area contributed by atoms with Gasteiger partial charge in [0.05, 0.1) is 6.61 Å². The van der Waals surface area contributed by atoms with Crippen molar-refractivity contribution in [2.75, 3.05) is 19.8 Å². The fraction of sp³-hybridized carbons (Fsp3) is 0.950. The summed E-state index contributed by atoms with van der Waals surface area (Å²) in [5.74, 6) is -1.19. The van der Waals surface area contributed by atoms with E-state index in [4.69, 9.17) is 34.0 Å². The van der Waals surface area contributed by atoms with E-state index in [1.54, 1.807) is 0 Å². The summed E-state index contributed by atoms with van der Waals surface area (Å²) >= 11 is 0. The molecule has 0 amide bonds. The molecule has 350 valence electrons. The van der Waals surface area contributed by atoms with E-state index in [-0.39, 0.29) is 12.8 Å². The molecule has 0 bridgehead atoms. The number of hydrogen-bond acceptors (Lipinski definition) is 14. The minimum absolute atomic E-state index is 0.0539. The van der Waals surface area contributed by atoms with Crippen molar-refractivity contribution in [3.05, 3.63) is 0 Å². The van der Waals surface area contributed by atoms with Gasteiger partial charge in [-0.1, -0.05) is 148 Å². The second-order valence-corrected chi connectivity index (χ2v) is 18.5. The Kier molecular flexibility index (Phi) is 31.8. The highest BCUT2D eigenvalue weighted by atomic mass is 31.2. The van der Waals surface area contributed by atoms with Gasteiger partial charge in [-0.25, -0.2) is 9.13 Å². The Morgan fingerprint density at radius 1 is 0.525 bits per heavy atom. The molecular formula is C40H79NO16P2. The number of hydrogen-bond donors (Lipinski definition) is 8. The lowest BCUT2D eigenvalue weighted by molar-refractivity contribution is -0.216. The quantitative estimate of drug-likeness (QED) is 0.0189. The van der Waals surface area contributed by atoms with Gasteiger partial charge in [0, 0.05) is 12.8 Å². The first-order valence-electron chi connectivity index (χ1n) is 22.3. The second-order valence-electron chi connectivity index (χ2n) is 15.9. The zero-order valence-corrected chi connectivity index (χ0v) is 37.3. The maximum atomic E-state index is 12.9. The molecule has 1 fully saturated rings. The van der Waals surface area contributed by atoms with E-state index in [2.05, 4.69) is 11.4 Å². The van der Waals surface area contributed by atoms with Crippen LogP contribution in [0, 0.1) is 0 Å². The maximum absolute atomic E-state index is 12.9. The number of carbonyl (C=O) groups is 2. The molecule has 1 aliphatic rings. The fourth-order valence-corrected chi connectivity index (χ4v) is 8.58. The number of nitrogens with two attached hydrogens (primary N) is 1. The molecule has 4 unspecified atom stereocenters. The van der Waals surface area contributed by atoms with Gasteiger partial charge in [-0.15, -0.1) is 0 Å². The summed E-state index contributed by atoms with van der Waals surface area (Å²) in [5, 5.41) is 41.4. The number of esters is 2. The Bertz CT molecular complexity index is 1160. The van der Waals surface area contributed by atoms with Crippen molar-refractivity contribution in [3.63, 3.8) is 0 Å². The number of aliphatic hydroxyl groups is 4. The topological polar surface area (TPSA) is 282 Å². The van der Waals surface area contributed by atoms with Crippen molar-refractivity contribution in [2.24, 2.45) is 5.73 Å². The SMILES string of the molecule is CCCCCCCCCCCCCCCC(=O)O[C@H](COC(=O)CCCCCCCCCCCCCCN)COP(=O)(O)OC1C(O)[C@@H](O)C(OP(=O)(O)O)[C@@H](O)[C@H]1O. The van der Waals surface area contributed by atoms with E-state index in [9.17, 15) is 44.0 Å². The zero-order chi connectivity index (χ0) is 43.9. The molecule has 0 saturated heterocycles. The van der Waals surface area contributed by atoms with Gasteiger partial charge < -0.3 is 50.3 Å². The molecule has 0 aromatic carbocycles. The van der Waals surface area contributed by atoms with Crippen LogP contribution in [0.2, 0.25) is 0 Å². The average Bonchev–Trinajstić information content (AvgIpc) is 3.18. The summed E-state index contributed by atoms with van der Waals surface area (Å²) in [7, 11) is -10.6. The largest absolute Gasteiger partial charge is 0.472 e. The molecule has 17 nitrogen and oxygen atoms in total. The Hall–Kier alpha value is -1.04. The van der Waals surface area contributed by atoms with Crippen LogP contribution in [0.15, 0.2) is 0 Å². The number of aliphatic hydroxyl groups excluding tert-OH is 4. The molecule has 0 heterocycles. The Balaban J connectivity index is 2.59. The maximum Gasteiger partial charge on any atom is 0.472 e. The van der Waals surface area contributed by atoms with Crippen molar-refractivity contribution in [1.29, 1.82) is 0 Å². The molecule has 1 aliphatic carbocycles. The smallest absolute Gasteiger partial charge is 0.462 e. The molecule has 0 aliphatic heterocycles. The van der Waals surface area contributed by atoms with Gasteiger partial charge in [0.1, 0.15) is 43.2 Å². The van der Waals surface area contributed by atoms with Gasteiger partial charge in [-0.3, -0.25) is 23.2 Å². The molecule has 0 spiro atoms. The number of ether oxygens (including phenoxy) is 2. The first-order chi connectivity index (χ1) is 28.1. The first kappa shape index (κ1) is 56.0. The summed E-state index contributed by atoms with van der Waals surface area (Å²) in [4.78, 5) is 53.9. The van der Waals surface area contributed by atoms with Gasteiger partial charge in [-0.05, 0) is 25.8 Å². The highest BCUT2D eigenvalue weighted by Gasteiger charge is 2.54. The summed E-state index contributed by atoms with van der Waals surface area (Å²) in [6.45, 7) is 1.66. The van der Waals surface area contributed by atoms with Crippen LogP contribution in [0.5, 0.6) is 0 Å². The van der Waals surface area contributed by atoms with E-state index in [0.717, 1.165) is 64.3 Å². The predicted molar refractivity (Wildman–Crippen MR) is 222 cm³/mol. The van der Waals surface area contributed by atoms with Crippen LogP contribution in [-0.2, 0) is 41.8 Å². The van der Waals surface area contributed by atoms with Crippen LogP contribution in [0.4, 0.5) is 0 Å². The van der Waals surface area contributed by atoms with Crippen LogP contribution in [0.3, 0.4) is 0 Å². The third-order valence-electron chi connectivity index (χ3n) is 10.5. The van der Waals surface area contributed by atoms with E-state index in [1.165, 1.54) is 89.9 Å². The molecule has 1 rings (SSSR count). The van der Waals surface area contributed by atoms with Crippen LogP contribution in [0.25, 0.3) is 0 Å². The summed E-state index contributed by atoms with van der Waals surface area (Å²) in [5.41, 5.74) is 5.53. The van der Waals surface area contributed by atoms with Crippen LogP contribution in [-0.4, -0.2) is 110 Å². The Morgan fingerprint density at radius 2 is 0.881 bits per heavy atom. The molecule has 59 heavy (non-hydrogen) atoms. The minimum atomic E-state index is -5.30. The van der Waals surface area contributed by atoms with E-state index >= 15 is 0 Å². The number of phosphoric acid groups is 2. The number of unbranched alkanes of at least 4 members (excludes halogenated alkanes) is 23. The van der Waals surface area contributed by atoms with Gasteiger partial charge in [-0.2, -0.15) is 0 Å². The highest BCUT2D eigenvalue weighted by Crippen LogP contribution is 2.48. The van der Waals surface area contributed by atoms with Crippen molar-refractivity contribution >= 4 is 27.6 Å². The van der Waals surface area contributed by atoms with E-state index in [0.29, 0.717) is 12.8 Å². The zero-order valence-electron chi connectivity index (χ0n) is 35.5. The van der Waals surface area contributed by atoms with Crippen LogP contribution >= 0.6 is 15.6 Å².